The highest BCUT2D eigenvalue weighted by molar-refractivity contribution is 6.80. The molecule has 0 saturated heterocycles. The summed E-state index contributed by atoms with van der Waals surface area (Å²) < 4.78 is 6.27. The fourth-order valence-corrected chi connectivity index (χ4v) is 5.39. The molecule has 0 saturated carbocycles. The first-order valence-corrected chi connectivity index (χ1v) is 14.0. The summed E-state index contributed by atoms with van der Waals surface area (Å²) in [5.74, 6) is -0.740. The zero-order valence-electron chi connectivity index (χ0n) is 13.3. The summed E-state index contributed by atoms with van der Waals surface area (Å²) >= 11 is 0. The van der Waals surface area contributed by atoms with Crippen molar-refractivity contribution in [3.8, 4) is 0 Å². The van der Waals surface area contributed by atoms with E-state index in [-0.39, 0.29) is 6.10 Å². The molecule has 2 unspecified atom stereocenters. The number of carbonyl (C=O) groups is 1. The van der Waals surface area contributed by atoms with Crippen molar-refractivity contribution in [1.82, 2.24) is 0 Å². The van der Waals surface area contributed by atoms with Gasteiger partial charge in [-0.25, -0.2) is 0 Å². The maximum Gasteiger partial charge on any atom is 0.306 e. The van der Waals surface area contributed by atoms with E-state index in [0.717, 1.165) is 5.56 Å². The summed E-state index contributed by atoms with van der Waals surface area (Å²) in [6, 6.07) is 9.78. The molecule has 0 bridgehead atoms. The van der Waals surface area contributed by atoms with Gasteiger partial charge < -0.3 is 9.53 Å². The number of aliphatic carboxylic acids is 1. The van der Waals surface area contributed by atoms with Gasteiger partial charge in [-0.1, -0.05) is 50.0 Å². The van der Waals surface area contributed by atoms with E-state index in [1.807, 2.05) is 30.3 Å². The first kappa shape index (κ1) is 17.1. The van der Waals surface area contributed by atoms with Gasteiger partial charge in [-0.05, 0) is 25.2 Å². The average molecular weight is 311 g/mol. The van der Waals surface area contributed by atoms with Crippen LogP contribution in [0.4, 0.5) is 0 Å². The zero-order valence-corrected chi connectivity index (χ0v) is 15.3. The van der Waals surface area contributed by atoms with Gasteiger partial charge in [-0.2, -0.15) is 0 Å². The van der Waals surface area contributed by atoms with Crippen LogP contribution in [0.5, 0.6) is 0 Å². The lowest BCUT2D eigenvalue weighted by molar-refractivity contribution is -0.139. The SMILES string of the molecule is C[Si](C)(C)OC(c1ccccc1)C(C(=O)O)[Si](C)(C)C. The Labute approximate surface area is 124 Å². The van der Waals surface area contributed by atoms with Crippen molar-refractivity contribution in [2.45, 2.75) is 50.9 Å². The molecule has 0 aliphatic rings. The van der Waals surface area contributed by atoms with E-state index < -0.39 is 27.9 Å². The fourth-order valence-electron chi connectivity index (χ4n) is 2.31. The Bertz CT molecular complexity index is 446. The Morgan fingerprint density at radius 3 is 1.90 bits per heavy atom. The summed E-state index contributed by atoms with van der Waals surface area (Å²) in [5, 5.41) is 9.71. The molecule has 2 atom stereocenters. The lowest BCUT2D eigenvalue weighted by Gasteiger charge is -2.36. The Balaban J connectivity index is 3.25. The quantitative estimate of drug-likeness (QED) is 0.794. The van der Waals surface area contributed by atoms with Gasteiger partial charge in [-0.15, -0.1) is 0 Å². The second-order valence-electron chi connectivity index (χ2n) is 7.24. The molecule has 0 aliphatic carbocycles. The normalized spacial score (nSPS) is 15.7. The highest BCUT2D eigenvalue weighted by Crippen LogP contribution is 2.40. The number of carboxylic acids is 1. The van der Waals surface area contributed by atoms with Gasteiger partial charge in [0, 0.05) is 0 Å². The first-order chi connectivity index (χ1) is 9.02. The molecule has 5 heteroatoms. The van der Waals surface area contributed by atoms with Gasteiger partial charge in [0.2, 0.25) is 0 Å². The van der Waals surface area contributed by atoms with Crippen LogP contribution in [0, 0.1) is 0 Å². The van der Waals surface area contributed by atoms with Crippen LogP contribution in [0.25, 0.3) is 0 Å². The monoisotopic (exact) mass is 310 g/mol. The molecule has 0 amide bonds. The summed E-state index contributed by atoms with van der Waals surface area (Å²) in [4.78, 5) is 11.8. The number of hydrogen-bond donors (Lipinski definition) is 1. The van der Waals surface area contributed by atoms with Crippen LogP contribution < -0.4 is 0 Å². The Kier molecular flexibility index (Phi) is 5.35. The minimum atomic E-state index is -1.90. The topological polar surface area (TPSA) is 46.5 Å². The molecule has 112 valence electrons. The second kappa shape index (κ2) is 6.24. The largest absolute Gasteiger partial charge is 0.481 e. The molecule has 0 heterocycles. The third-order valence-electron chi connectivity index (χ3n) is 3.11. The number of carboxylic acid groups (broad SMARTS) is 1. The van der Waals surface area contributed by atoms with Crippen molar-refractivity contribution < 1.29 is 14.3 Å². The van der Waals surface area contributed by atoms with Gasteiger partial charge in [0.05, 0.1) is 19.7 Å². The van der Waals surface area contributed by atoms with Crippen molar-refractivity contribution >= 4 is 22.4 Å². The molecule has 20 heavy (non-hydrogen) atoms. The molecule has 0 spiro atoms. The summed E-state index contributed by atoms with van der Waals surface area (Å²) in [6.07, 6.45) is -0.341. The molecule has 1 aromatic carbocycles. The van der Waals surface area contributed by atoms with Crippen molar-refractivity contribution in [3.63, 3.8) is 0 Å². The molecule has 0 fully saturated rings. The third kappa shape index (κ3) is 4.88. The van der Waals surface area contributed by atoms with Crippen molar-refractivity contribution in [3.05, 3.63) is 35.9 Å². The van der Waals surface area contributed by atoms with Crippen LogP contribution in [0.15, 0.2) is 30.3 Å². The van der Waals surface area contributed by atoms with Gasteiger partial charge in [0.1, 0.15) is 0 Å². The predicted octanol–water partition coefficient (Wildman–Crippen LogP) is 4.37. The standard InChI is InChI=1S/C15H26O3Si2/c1-19(2,3)14(15(16)17)13(18-20(4,5)6)12-10-8-7-9-11-12/h7-11,13-14H,1-6H3,(H,16,17). The molecular weight excluding hydrogens is 284 g/mol. The van der Waals surface area contributed by atoms with E-state index in [1.165, 1.54) is 0 Å². The van der Waals surface area contributed by atoms with E-state index >= 15 is 0 Å². The molecule has 1 N–H and O–H groups in total. The van der Waals surface area contributed by atoms with Crippen LogP contribution in [0.3, 0.4) is 0 Å². The second-order valence-corrected chi connectivity index (χ2v) is 17.1. The Hall–Kier alpha value is -0.916. The predicted molar refractivity (Wildman–Crippen MR) is 88.3 cm³/mol. The van der Waals surface area contributed by atoms with Crippen molar-refractivity contribution in [1.29, 1.82) is 0 Å². The first-order valence-electron chi connectivity index (χ1n) is 6.98. The highest BCUT2D eigenvalue weighted by atomic mass is 28.4. The van der Waals surface area contributed by atoms with Gasteiger partial charge in [0.25, 0.3) is 0 Å². The molecule has 1 aromatic rings. The molecule has 0 aliphatic heterocycles. The Morgan fingerprint density at radius 1 is 1.05 bits per heavy atom. The lowest BCUT2D eigenvalue weighted by atomic mass is 10.1. The van der Waals surface area contributed by atoms with Crippen molar-refractivity contribution in [2.24, 2.45) is 0 Å². The molecule has 0 aromatic heterocycles. The maximum atomic E-state index is 11.8. The van der Waals surface area contributed by atoms with E-state index in [9.17, 15) is 9.90 Å². The van der Waals surface area contributed by atoms with Crippen LogP contribution in [0.2, 0.25) is 44.8 Å². The smallest absolute Gasteiger partial charge is 0.306 e. The van der Waals surface area contributed by atoms with Crippen LogP contribution in [-0.4, -0.2) is 27.5 Å². The van der Waals surface area contributed by atoms with Crippen LogP contribution in [-0.2, 0) is 9.22 Å². The van der Waals surface area contributed by atoms with E-state index in [2.05, 4.69) is 39.3 Å². The van der Waals surface area contributed by atoms with E-state index in [4.69, 9.17) is 4.43 Å². The van der Waals surface area contributed by atoms with Crippen molar-refractivity contribution in [2.75, 3.05) is 0 Å². The number of hydrogen-bond acceptors (Lipinski definition) is 2. The van der Waals surface area contributed by atoms with Crippen LogP contribution >= 0.6 is 0 Å². The minimum Gasteiger partial charge on any atom is -0.481 e. The molecule has 3 nitrogen and oxygen atoms in total. The number of benzene rings is 1. The summed E-state index contributed by atoms with van der Waals surface area (Å²) in [7, 11) is -3.73. The zero-order chi connectivity index (χ0) is 15.6. The van der Waals surface area contributed by atoms with Gasteiger partial charge in [-0.3, -0.25) is 4.79 Å². The molecule has 1 rings (SSSR count). The number of rotatable bonds is 6. The Morgan fingerprint density at radius 2 is 1.55 bits per heavy atom. The summed E-state index contributed by atoms with van der Waals surface area (Å²) in [5.41, 5.74) is 0.543. The van der Waals surface area contributed by atoms with Gasteiger partial charge in [0.15, 0.2) is 8.32 Å². The van der Waals surface area contributed by atoms with E-state index in [1.54, 1.807) is 0 Å². The third-order valence-corrected chi connectivity index (χ3v) is 6.49. The highest BCUT2D eigenvalue weighted by Gasteiger charge is 2.42. The molecular formula is C15H26O3Si2. The summed E-state index contributed by atoms with van der Waals surface area (Å²) in [6.45, 7) is 12.6. The lowest BCUT2D eigenvalue weighted by Crippen LogP contribution is -2.41. The van der Waals surface area contributed by atoms with E-state index in [0.29, 0.717) is 0 Å². The maximum absolute atomic E-state index is 11.8. The molecule has 0 radical (unpaired) electrons. The van der Waals surface area contributed by atoms with Gasteiger partial charge >= 0.3 is 5.97 Å². The fraction of sp³-hybridized carbons (Fsp3) is 0.533. The minimum absolute atomic E-state index is 0.341. The average Bonchev–Trinajstić information content (AvgIpc) is 2.25. The van der Waals surface area contributed by atoms with Crippen LogP contribution in [0.1, 0.15) is 11.7 Å².